The molecule has 8 nitrogen and oxygen atoms in total. The smallest absolute Gasteiger partial charge is 0.325 e. The van der Waals surface area contributed by atoms with Gasteiger partial charge in [0.15, 0.2) is 17.4 Å². The first-order valence-corrected chi connectivity index (χ1v) is 7.17. The molecule has 0 spiro atoms. The fourth-order valence-corrected chi connectivity index (χ4v) is 2.69. The van der Waals surface area contributed by atoms with Crippen LogP contribution in [0.2, 0.25) is 0 Å². The van der Waals surface area contributed by atoms with E-state index in [9.17, 15) is 14.4 Å². The Morgan fingerprint density at radius 2 is 2.22 bits per heavy atom. The number of carboxylic acid groups (broad SMARTS) is 1. The molecule has 2 heterocycles. The highest BCUT2D eigenvalue weighted by Gasteiger charge is 2.28. The molecule has 2 N–H and O–H groups in total. The largest absolute Gasteiger partial charge is 0.480 e. The number of aromatic nitrogens is 2. The van der Waals surface area contributed by atoms with Gasteiger partial charge in [-0.3, -0.25) is 19.1 Å². The number of furan rings is 1. The summed E-state index contributed by atoms with van der Waals surface area (Å²) in [5, 5.41) is 15.2. The molecule has 0 radical (unpaired) electrons. The van der Waals surface area contributed by atoms with Crippen LogP contribution in [0.1, 0.15) is 45.1 Å². The van der Waals surface area contributed by atoms with Crippen molar-refractivity contribution in [2.24, 2.45) is 0 Å². The SMILES string of the molecule is Cc1c(C(=O)Nc2ccn(CC(=O)O)n2)oc2c1C(=O)CCC2. The Morgan fingerprint density at radius 3 is 2.91 bits per heavy atom. The molecule has 0 atom stereocenters. The van der Waals surface area contributed by atoms with Crippen LogP contribution in [0.4, 0.5) is 5.82 Å². The highest BCUT2D eigenvalue weighted by molar-refractivity contribution is 6.07. The van der Waals surface area contributed by atoms with Gasteiger partial charge in [0.1, 0.15) is 12.3 Å². The Kier molecular flexibility index (Phi) is 3.73. The van der Waals surface area contributed by atoms with E-state index in [0.717, 1.165) is 6.42 Å². The molecule has 1 aliphatic rings. The van der Waals surface area contributed by atoms with E-state index >= 15 is 0 Å². The summed E-state index contributed by atoms with van der Waals surface area (Å²) in [4.78, 5) is 34.9. The van der Waals surface area contributed by atoms with Crippen molar-refractivity contribution in [3.63, 3.8) is 0 Å². The minimum atomic E-state index is -1.03. The summed E-state index contributed by atoms with van der Waals surface area (Å²) in [6.45, 7) is 1.39. The van der Waals surface area contributed by atoms with Crippen LogP contribution in [0.25, 0.3) is 0 Å². The second-order valence-electron chi connectivity index (χ2n) is 5.38. The van der Waals surface area contributed by atoms with Crippen LogP contribution in [0.5, 0.6) is 0 Å². The lowest BCUT2D eigenvalue weighted by molar-refractivity contribution is -0.137. The lowest BCUT2D eigenvalue weighted by Crippen LogP contribution is -2.14. The van der Waals surface area contributed by atoms with Crippen LogP contribution < -0.4 is 5.32 Å². The summed E-state index contributed by atoms with van der Waals surface area (Å²) in [7, 11) is 0. The fraction of sp³-hybridized carbons (Fsp3) is 0.333. The van der Waals surface area contributed by atoms with Crippen molar-refractivity contribution in [1.29, 1.82) is 0 Å². The maximum atomic E-state index is 12.3. The molecule has 1 aliphatic carbocycles. The lowest BCUT2D eigenvalue weighted by atomic mass is 9.94. The maximum absolute atomic E-state index is 12.3. The summed E-state index contributed by atoms with van der Waals surface area (Å²) < 4.78 is 6.75. The molecule has 1 amide bonds. The maximum Gasteiger partial charge on any atom is 0.325 e. The number of Topliss-reactive ketones (excluding diaryl/α,β-unsaturated/α-hetero) is 1. The number of amides is 1. The predicted molar refractivity (Wildman–Crippen MR) is 78.5 cm³/mol. The van der Waals surface area contributed by atoms with E-state index in [1.165, 1.54) is 16.9 Å². The van der Waals surface area contributed by atoms with Crippen LogP contribution in [0, 0.1) is 6.92 Å². The van der Waals surface area contributed by atoms with Crippen LogP contribution in [0.15, 0.2) is 16.7 Å². The summed E-state index contributed by atoms with van der Waals surface area (Å²) >= 11 is 0. The van der Waals surface area contributed by atoms with Crippen molar-refractivity contribution in [3.8, 4) is 0 Å². The molecule has 0 saturated carbocycles. The number of anilines is 1. The van der Waals surface area contributed by atoms with Gasteiger partial charge in [-0.25, -0.2) is 0 Å². The minimum absolute atomic E-state index is 0.00251. The number of nitrogens with zero attached hydrogens (tertiary/aromatic N) is 2. The van der Waals surface area contributed by atoms with E-state index in [1.54, 1.807) is 6.92 Å². The van der Waals surface area contributed by atoms with Gasteiger partial charge in [0, 0.05) is 30.7 Å². The van der Waals surface area contributed by atoms with Gasteiger partial charge in [-0.15, -0.1) is 0 Å². The first-order valence-electron chi connectivity index (χ1n) is 7.17. The molecule has 0 aliphatic heterocycles. The number of rotatable bonds is 4. The van der Waals surface area contributed by atoms with Crippen LogP contribution in [0.3, 0.4) is 0 Å². The van der Waals surface area contributed by atoms with E-state index in [2.05, 4.69) is 10.4 Å². The average molecular weight is 317 g/mol. The quantitative estimate of drug-likeness (QED) is 0.886. The van der Waals surface area contributed by atoms with E-state index in [1.807, 2.05) is 0 Å². The lowest BCUT2D eigenvalue weighted by Gasteiger charge is -2.07. The van der Waals surface area contributed by atoms with Gasteiger partial charge in [-0.1, -0.05) is 0 Å². The topological polar surface area (TPSA) is 114 Å². The summed E-state index contributed by atoms with van der Waals surface area (Å²) in [6.07, 6.45) is 3.28. The molecule has 0 saturated heterocycles. The molecule has 23 heavy (non-hydrogen) atoms. The van der Waals surface area contributed by atoms with Gasteiger partial charge in [0.25, 0.3) is 5.91 Å². The number of carboxylic acids is 1. The monoisotopic (exact) mass is 317 g/mol. The van der Waals surface area contributed by atoms with Gasteiger partial charge in [-0.05, 0) is 13.3 Å². The standard InChI is InChI=1S/C15H15N3O5/c1-8-13-9(19)3-2-4-10(13)23-14(8)15(22)16-11-5-6-18(17-11)7-12(20)21/h5-6H,2-4,7H2,1H3,(H,20,21)(H,16,17,22). The van der Waals surface area contributed by atoms with Crippen LogP contribution in [-0.4, -0.2) is 32.5 Å². The zero-order valence-electron chi connectivity index (χ0n) is 12.5. The van der Waals surface area contributed by atoms with Gasteiger partial charge in [-0.2, -0.15) is 5.10 Å². The third-order valence-electron chi connectivity index (χ3n) is 3.69. The molecule has 2 aromatic rings. The van der Waals surface area contributed by atoms with Crippen LogP contribution in [-0.2, 0) is 17.8 Å². The van der Waals surface area contributed by atoms with Crippen molar-refractivity contribution in [3.05, 3.63) is 34.9 Å². The van der Waals surface area contributed by atoms with E-state index in [4.69, 9.17) is 9.52 Å². The van der Waals surface area contributed by atoms with Crippen molar-refractivity contribution >= 4 is 23.5 Å². The molecular formula is C15H15N3O5. The van der Waals surface area contributed by atoms with Gasteiger partial charge < -0.3 is 14.8 Å². The minimum Gasteiger partial charge on any atom is -0.480 e. The second kappa shape index (κ2) is 5.71. The number of fused-ring (bicyclic) bond motifs is 1. The molecule has 0 aromatic carbocycles. The van der Waals surface area contributed by atoms with Crippen molar-refractivity contribution in [2.45, 2.75) is 32.7 Å². The Labute approximate surface area is 131 Å². The molecule has 8 heteroatoms. The number of ketones is 1. The summed E-state index contributed by atoms with van der Waals surface area (Å²) in [5.74, 6) is -0.670. The van der Waals surface area contributed by atoms with Gasteiger partial charge >= 0.3 is 5.97 Å². The Balaban J connectivity index is 1.80. The van der Waals surface area contributed by atoms with Crippen molar-refractivity contribution < 1.29 is 23.9 Å². The molecule has 120 valence electrons. The highest BCUT2D eigenvalue weighted by Crippen LogP contribution is 2.29. The van der Waals surface area contributed by atoms with E-state index in [0.29, 0.717) is 29.7 Å². The molecule has 0 unspecified atom stereocenters. The highest BCUT2D eigenvalue weighted by atomic mass is 16.4. The van der Waals surface area contributed by atoms with Gasteiger partial charge in [0.2, 0.25) is 0 Å². The average Bonchev–Trinajstić information content (AvgIpc) is 3.04. The molecule has 2 aromatic heterocycles. The number of carbonyl (C=O) groups excluding carboxylic acids is 2. The number of carbonyl (C=O) groups is 3. The van der Waals surface area contributed by atoms with Gasteiger partial charge in [0.05, 0.1) is 5.56 Å². The normalized spacial score (nSPS) is 13.7. The zero-order chi connectivity index (χ0) is 16.6. The second-order valence-corrected chi connectivity index (χ2v) is 5.38. The molecule has 0 bridgehead atoms. The zero-order valence-corrected chi connectivity index (χ0v) is 12.5. The van der Waals surface area contributed by atoms with Crippen molar-refractivity contribution in [1.82, 2.24) is 9.78 Å². The Morgan fingerprint density at radius 1 is 1.43 bits per heavy atom. The van der Waals surface area contributed by atoms with E-state index in [-0.39, 0.29) is 23.9 Å². The number of aliphatic carboxylic acids is 1. The van der Waals surface area contributed by atoms with Crippen molar-refractivity contribution in [2.75, 3.05) is 5.32 Å². The number of nitrogens with one attached hydrogen (secondary N) is 1. The van der Waals surface area contributed by atoms with Crippen LogP contribution >= 0.6 is 0 Å². The third kappa shape index (κ3) is 2.87. The van der Waals surface area contributed by atoms with E-state index < -0.39 is 11.9 Å². The fourth-order valence-electron chi connectivity index (χ4n) is 2.69. The summed E-state index contributed by atoms with van der Waals surface area (Å²) in [5.41, 5.74) is 1.05. The number of hydrogen-bond donors (Lipinski definition) is 2. The summed E-state index contributed by atoms with van der Waals surface area (Å²) in [6, 6.07) is 1.49. The predicted octanol–water partition coefficient (Wildman–Crippen LogP) is 1.64. The first kappa shape index (κ1) is 15.0. The third-order valence-corrected chi connectivity index (χ3v) is 3.69. The Hall–Kier alpha value is -2.90. The Bertz CT molecular complexity index is 802. The number of aryl methyl sites for hydroxylation is 1. The molecular weight excluding hydrogens is 302 g/mol. The first-order chi connectivity index (χ1) is 11.0. The number of hydrogen-bond acceptors (Lipinski definition) is 5. The molecule has 3 rings (SSSR count). The molecule has 0 fully saturated rings.